The van der Waals surface area contributed by atoms with Gasteiger partial charge in [0.2, 0.25) is 5.91 Å². The second kappa shape index (κ2) is 8.89. The molecular weight excluding hydrogens is 272 g/mol. The highest BCUT2D eigenvalue weighted by molar-refractivity contribution is 5.85. The molecule has 0 aromatic heterocycles. The molecule has 0 bridgehead atoms. The first kappa shape index (κ1) is 17.8. The highest BCUT2D eigenvalue weighted by Gasteiger charge is 2.32. The van der Waals surface area contributed by atoms with E-state index in [0.29, 0.717) is 17.9 Å². The van der Waals surface area contributed by atoms with Gasteiger partial charge in [-0.2, -0.15) is 0 Å². The number of carbonyl (C=O) groups excluding carboxylic acids is 1. The van der Waals surface area contributed by atoms with E-state index in [2.05, 4.69) is 24.1 Å². The van der Waals surface area contributed by atoms with Gasteiger partial charge in [-0.15, -0.1) is 12.4 Å². The molecule has 0 aromatic rings. The monoisotopic (exact) mass is 302 g/mol. The second-order valence-corrected chi connectivity index (χ2v) is 6.73. The van der Waals surface area contributed by atoms with E-state index in [1.807, 2.05) is 0 Å². The Labute approximate surface area is 130 Å². The fourth-order valence-electron chi connectivity index (χ4n) is 2.94. The summed E-state index contributed by atoms with van der Waals surface area (Å²) in [6, 6.07) is 0.583. The molecule has 1 saturated heterocycles. The van der Waals surface area contributed by atoms with Crippen molar-refractivity contribution in [2.45, 2.75) is 64.8 Å². The van der Waals surface area contributed by atoms with Crippen molar-refractivity contribution >= 4 is 18.3 Å². The SMILES string of the molecule is CC(C)CCN(C(=O)CCC1CCNCC1)C1CC1.Cl. The number of halogens is 1. The summed E-state index contributed by atoms with van der Waals surface area (Å²) in [6.45, 7) is 7.74. The Balaban J connectivity index is 0.00000200. The predicted molar refractivity (Wildman–Crippen MR) is 86.3 cm³/mol. The lowest BCUT2D eigenvalue weighted by Crippen LogP contribution is -2.35. The van der Waals surface area contributed by atoms with Crippen molar-refractivity contribution in [1.29, 1.82) is 0 Å². The lowest BCUT2D eigenvalue weighted by molar-refractivity contribution is -0.132. The van der Waals surface area contributed by atoms with Crippen LogP contribution in [0.1, 0.15) is 58.8 Å². The number of nitrogens with one attached hydrogen (secondary N) is 1. The van der Waals surface area contributed by atoms with Crippen LogP contribution in [-0.2, 0) is 4.79 Å². The number of amides is 1. The van der Waals surface area contributed by atoms with E-state index in [-0.39, 0.29) is 12.4 Å². The first-order valence-corrected chi connectivity index (χ1v) is 8.17. The van der Waals surface area contributed by atoms with Crippen LogP contribution in [0.25, 0.3) is 0 Å². The topological polar surface area (TPSA) is 32.3 Å². The summed E-state index contributed by atoms with van der Waals surface area (Å²) < 4.78 is 0. The van der Waals surface area contributed by atoms with Crippen molar-refractivity contribution < 1.29 is 4.79 Å². The quantitative estimate of drug-likeness (QED) is 0.783. The average Bonchev–Trinajstić information content (AvgIpc) is 3.22. The summed E-state index contributed by atoms with van der Waals surface area (Å²) in [5.74, 6) is 1.89. The van der Waals surface area contributed by atoms with E-state index in [9.17, 15) is 4.79 Å². The maximum Gasteiger partial charge on any atom is 0.222 e. The molecule has 1 aliphatic heterocycles. The molecule has 3 nitrogen and oxygen atoms in total. The molecule has 1 N–H and O–H groups in total. The Morgan fingerprint density at radius 1 is 1.20 bits per heavy atom. The molecule has 1 saturated carbocycles. The molecule has 2 fully saturated rings. The molecule has 4 heteroatoms. The van der Waals surface area contributed by atoms with Gasteiger partial charge in [-0.1, -0.05) is 13.8 Å². The van der Waals surface area contributed by atoms with Crippen LogP contribution in [0.4, 0.5) is 0 Å². The Kier molecular flexibility index (Phi) is 7.90. The van der Waals surface area contributed by atoms with E-state index in [1.165, 1.54) is 25.7 Å². The summed E-state index contributed by atoms with van der Waals surface area (Å²) in [4.78, 5) is 14.6. The number of piperidine rings is 1. The van der Waals surface area contributed by atoms with E-state index in [4.69, 9.17) is 0 Å². The minimum atomic E-state index is 0. The summed E-state index contributed by atoms with van der Waals surface area (Å²) in [7, 11) is 0. The number of nitrogens with zero attached hydrogens (tertiary/aromatic N) is 1. The zero-order chi connectivity index (χ0) is 13.7. The molecule has 0 aromatic carbocycles. The highest BCUT2D eigenvalue weighted by atomic mass is 35.5. The maximum absolute atomic E-state index is 12.4. The summed E-state index contributed by atoms with van der Waals surface area (Å²) in [5.41, 5.74) is 0. The largest absolute Gasteiger partial charge is 0.340 e. The summed E-state index contributed by atoms with van der Waals surface area (Å²) in [6.07, 6.45) is 8.00. The highest BCUT2D eigenvalue weighted by Crippen LogP contribution is 2.29. The predicted octanol–water partition coefficient (Wildman–Crippen LogP) is 3.23. The smallest absolute Gasteiger partial charge is 0.222 e. The van der Waals surface area contributed by atoms with Crippen LogP contribution in [0.15, 0.2) is 0 Å². The number of carbonyl (C=O) groups is 1. The minimum absolute atomic E-state index is 0. The fourth-order valence-corrected chi connectivity index (χ4v) is 2.94. The van der Waals surface area contributed by atoms with Gasteiger partial charge in [0.25, 0.3) is 0 Å². The van der Waals surface area contributed by atoms with Gasteiger partial charge in [-0.3, -0.25) is 4.79 Å². The molecular formula is C16H31ClN2O. The van der Waals surface area contributed by atoms with Gasteiger partial charge in [-0.25, -0.2) is 0 Å². The lowest BCUT2D eigenvalue weighted by Gasteiger charge is -2.26. The third-order valence-electron chi connectivity index (χ3n) is 4.48. The normalized spacial score (nSPS) is 19.8. The standard InChI is InChI=1S/C16H30N2O.ClH/c1-13(2)9-12-18(15-4-5-15)16(19)6-3-14-7-10-17-11-8-14;/h13-15,17H,3-12H2,1-2H3;1H. The Morgan fingerprint density at radius 2 is 1.85 bits per heavy atom. The van der Waals surface area contributed by atoms with E-state index >= 15 is 0 Å². The number of rotatable bonds is 7. The van der Waals surface area contributed by atoms with Crippen molar-refractivity contribution in [3.63, 3.8) is 0 Å². The van der Waals surface area contributed by atoms with Crippen molar-refractivity contribution in [2.75, 3.05) is 19.6 Å². The van der Waals surface area contributed by atoms with Gasteiger partial charge in [-0.05, 0) is 63.5 Å². The molecule has 0 spiro atoms. The zero-order valence-electron chi connectivity index (χ0n) is 13.1. The molecule has 1 amide bonds. The second-order valence-electron chi connectivity index (χ2n) is 6.73. The molecule has 2 rings (SSSR count). The van der Waals surface area contributed by atoms with Gasteiger partial charge in [0.1, 0.15) is 0 Å². The number of hydrogen-bond acceptors (Lipinski definition) is 2. The van der Waals surface area contributed by atoms with Crippen molar-refractivity contribution in [3.8, 4) is 0 Å². The summed E-state index contributed by atoms with van der Waals surface area (Å²) >= 11 is 0. The molecule has 1 heterocycles. The Morgan fingerprint density at radius 3 is 2.40 bits per heavy atom. The van der Waals surface area contributed by atoms with Gasteiger partial charge >= 0.3 is 0 Å². The molecule has 0 unspecified atom stereocenters. The molecule has 0 radical (unpaired) electrons. The minimum Gasteiger partial charge on any atom is -0.340 e. The van der Waals surface area contributed by atoms with Gasteiger partial charge < -0.3 is 10.2 Å². The van der Waals surface area contributed by atoms with Crippen LogP contribution < -0.4 is 5.32 Å². The van der Waals surface area contributed by atoms with E-state index < -0.39 is 0 Å². The maximum atomic E-state index is 12.4. The molecule has 1 aliphatic carbocycles. The van der Waals surface area contributed by atoms with Crippen LogP contribution in [0, 0.1) is 11.8 Å². The number of hydrogen-bond donors (Lipinski definition) is 1. The molecule has 0 atom stereocenters. The Bertz CT molecular complexity index is 286. The van der Waals surface area contributed by atoms with Gasteiger partial charge in [0.05, 0.1) is 0 Å². The van der Waals surface area contributed by atoms with Crippen LogP contribution in [-0.4, -0.2) is 36.5 Å². The molecule has 2 aliphatic rings. The van der Waals surface area contributed by atoms with Crippen LogP contribution in [0.2, 0.25) is 0 Å². The van der Waals surface area contributed by atoms with E-state index in [0.717, 1.165) is 44.8 Å². The first-order chi connectivity index (χ1) is 9.16. The van der Waals surface area contributed by atoms with Crippen LogP contribution in [0.5, 0.6) is 0 Å². The Hall–Kier alpha value is -0.280. The summed E-state index contributed by atoms with van der Waals surface area (Å²) in [5, 5.41) is 3.39. The average molecular weight is 303 g/mol. The molecule has 118 valence electrons. The van der Waals surface area contributed by atoms with Crippen molar-refractivity contribution in [2.24, 2.45) is 11.8 Å². The first-order valence-electron chi connectivity index (χ1n) is 8.17. The van der Waals surface area contributed by atoms with Gasteiger partial charge in [0.15, 0.2) is 0 Å². The lowest BCUT2D eigenvalue weighted by atomic mass is 9.93. The van der Waals surface area contributed by atoms with Crippen molar-refractivity contribution in [3.05, 3.63) is 0 Å². The fraction of sp³-hybridized carbons (Fsp3) is 0.938. The zero-order valence-corrected chi connectivity index (χ0v) is 13.9. The van der Waals surface area contributed by atoms with E-state index in [1.54, 1.807) is 0 Å². The molecule has 20 heavy (non-hydrogen) atoms. The van der Waals surface area contributed by atoms with Gasteiger partial charge in [0, 0.05) is 19.0 Å². The van der Waals surface area contributed by atoms with Crippen molar-refractivity contribution in [1.82, 2.24) is 10.2 Å². The van der Waals surface area contributed by atoms with Crippen LogP contribution >= 0.6 is 12.4 Å². The third kappa shape index (κ3) is 6.01. The third-order valence-corrected chi connectivity index (χ3v) is 4.48. The van der Waals surface area contributed by atoms with Crippen LogP contribution in [0.3, 0.4) is 0 Å².